The number of amides is 2. The molecule has 0 aliphatic heterocycles. The Morgan fingerprint density at radius 3 is 2.36 bits per heavy atom. The fraction of sp³-hybridized carbons (Fsp3) is 0.353. The number of hydrogen-bond donors (Lipinski definition) is 2. The molecule has 2 aromatic rings. The van der Waals surface area contributed by atoms with Crippen LogP contribution in [0.2, 0.25) is 0 Å². The molecule has 8 heteroatoms. The van der Waals surface area contributed by atoms with Crippen LogP contribution in [0.3, 0.4) is 0 Å². The molecule has 2 N–H and O–H groups in total. The predicted molar refractivity (Wildman–Crippen MR) is 98.6 cm³/mol. The highest BCUT2D eigenvalue weighted by Gasteiger charge is 2.23. The number of likely N-dealkylation sites (N-methyl/N-ethyl adjacent to an activating group) is 2. The Balaban J connectivity index is 0.00000312. The van der Waals surface area contributed by atoms with Crippen LogP contribution in [-0.4, -0.2) is 47.6 Å². The summed E-state index contributed by atoms with van der Waals surface area (Å²) in [5.41, 5.74) is 2.38. The van der Waals surface area contributed by atoms with Crippen LogP contribution in [0.4, 0.5) is 0 Å². The van der Waals surface area contributed by atoms with E-state index in [2.05, 4.69) is 15.7 Å². The van der Waals surface area contributed by atoms with Crippen molar-refractivity contribution in [3.05, 3.63) is 53.3 Å². The van der Waals surface area contributed by atoms with Gasteiger partial charge in [-0.3, -0.25) is 14.3 Å². The summed E-state index contributed by atoms with van der Waals surface area (Å²) in [7, 11) is 6.93. The van der Waals surface area contributed by atoms with Crippen LogP contribution in [0.15, 0.2) is 36.7 Å². The van der Waals surface area contributed by atoms with E-state index in [4.69, 9.17) is 0 Å². The number of aromatic nitrogens is 2. The standard InChI is InChI=1S/C17H23N5O2.ClH/c1-18-15(14-9-20-22(4)11-14)17(24)21(3)10-12-5-7-13(8-6-12)16(23)19-2;/h5-9,11,15,18H,10H2,1-4H3,(H,19,23);1H. The lowest BCUT2D eigenvalue weighted by Crippen LogP contribution is -2.37. The molecule has 0 aliphatic rings. The van der Waals surface area contributed by atoms with Crippen molar-refractivity contribution < 1.29 is 9.59 Å². The predicted octanol–water partition coefficient (Wildman–Crippen LogP) is 1.12. The van der Waals surface area contributed by atoms with Crippen LogP contribution in [0, 0.1) is 0 Å². The van der Waals surface area contributed by atoms with Crippen molar-refractivity contribution in [1.29, 1.82) is 0 Å². The van der Waals surface area contributed by atoms with E-state index in [1.807, 2.05) is 25.4 Å². The number of rotatable bonds is 6. The van der Waals surface area contributed by atoms with Gasteiger partial charge < -0.3 is 15.5 Å². The summed E-state index contributed by atoms with van der Waals surface area (Å²) in [6.45, 7) is 0.464. The molecule has 1 unspecified atom stereocenters. The first-order valence-corrected chi connectivity index (χ1v) is 7.68. The van der Waals surface area contributed by atoms with Crippen molar-refractivity contribution in [3.8, 4) is 0 Å². The molecule has 0 bridgehead atoms. The van der Waals surface area contributed by atoms with Crippen molar-refractivity contribution in [3.63, 3.8) is 0 Å². The highest BCUT2D eigenvalue weighted by atomic mass is 35.5. The van der Waals surface area contributed by atoms with Crippen LogP contribution in [-0.2, 0) is 18.4 Å². The van der Waals surface area contributed by atoms with Crippen molar-refractivity contribution >= 4 is 24.2 Å². The van der Waals surface area contributed by atoms with Gasteiger partial charge in [-0.1, -0.05) is 12.1 Å². The number of nitrogens with one attached hydrogen (secondary N) is 2. The maximum absolute atomic E-state index is 12.7. The van der Waals surface area contributed by atoms with Crippen molar-refractivity contribution in [2.45, 2.75) is 12.6 Å². The summed E-state index contributed by atoms with van der Waals surface area (Å²) in [5, 5.41) is 9.73. The molecule has 0 radical (unpaired) electrons. The third-order valence-corrected chi connectivity index (χ3v) is 3.83. The normalized spacial score (nSPS) is 11.4. The molecule has 136 valence electrons. The zero-order chi connectivity index (χ0) is 17.7. The van der Waals surface area contributed by atoms with Gasteiger partial charge in [0.25, 0.3) is 5.91 Å². The van der Waals surface area contributed by atoms with E-state index in [-0.39, 0.29) is 24.2 Å². The molecule has 0 saturated heterocycles. The lowest BCUT2D eigenvalue weighted by Gasteiger charge is -2.23. The van der Waals surface area contributed by atoms with Gasteiger partial charge in [-0.2, -0.15) is 5.10 Å². The number of carbonyl (C=O) groups excluding carboxylic acids is 2. The Morgan fingerprint density at radius 1 is 1.24 bits per heavy atom. The number of halogens is 1. The molecular weight excluding hydrogens is 342 g/mol. The first-order chi connectivity index (χ1) is 11.5. The van der Waals surface area contributed by atoms with Gasteiger partial charge in [0.2, 0.25) is 5.91 Å². The summed E-state index contributed by atoms with van der Waals surface area (Å²) in [6.07, 6.45) is 3.51. The molecule has 1 aromatic heterocycles. The Morgan fingerprint density at radius 2 is 1.88 bits per heavy atom. The number of benzene rings is 1. The molecule has 1 heterocycles. The summed E-state index contributed by atoms with van der Waals surface area (Å²) >= 11 is 0. The molecule has 0 spiro atoms. The first kappa shape index (κ1) is 20.7. The molecule has 7 nitrogen and oxygen atoms in total. The monoisotopic (exact) mass is 365 g/mol. The van der Waals surface area contributed by atoms with Crippen LogP contribution in [0.5, 0.6) is 0 Å². The van der Waals surface area contributed by atoms with Gasteiger partial charge >= 0.3 is 0 Å². The molecule has 0 aliphatic carbocycles. The molecular formula is C17H24ClN5O2. The molecule has 1 atom stereocenters. The minimum absolute atomic E-state index is 0. The fourth-order valence-electron chi connectivity index (χ4n) is 2.50. The molecule has 0 fully saturated rings. The van der Waals surface area contributed by atoms with Gasteiger partial charge in [0.1, 0.15) is 6.04 Å². The third-order valence-electron chi connectivity index (χ3n) is 3.83. The quantitative estimate of drug-likeness (QED) is 0.804. The maximum atomic E-state index is 12.7. The highest BCUT2D eigenvalue weighted by Crippen LogP contribution is 2.16. The summed E-state index contributed by atoms with van der Waals surface area (Å²) in [5.74, 6) is -0.168. The number of nitrogens with zero attached hydrogens (tertiary/aromatic N) is 3. The highest BCUT2D eigenvalue weighted by molar-refractivity contribution is 5.94. The number of aryl methyl sites for hydroxylation is 1. The van der Waals surface area contributed by atoms with Gasteiger partial charge in [0.05, 0.1) is 6.20 Å². The lowest BCUT2D eigenvalue weighted by atomic mass is 10.1. The third kappa shape index (κ3) is 5.04. The minimum Gasteiger partial charge on any atom is -0.355 e. The average Bonchev–Trinajstić information content (AvgIpc) is 3.01. The summed E-state index contributed by atoms with van der Waals surface area (Å²) < 4.78 is 1.67. The first-order valence-electron chi connectivity index (χ1n) is 7.68. The molecule has 0 saturated carbocycles. The van der Waals surface area contributed by atoms with E-state index in [0.29, 0.717) is 12.1 Å². The fourth-order valence-corrected chi connectivity index (χ4v) is 2.50. The smallest absolute Gasteiger partial charge is 0.251 e. The van der Waals surface area contributed by atoms with E-state index in [9.17, 15) is 9.59 Å². The van der Waals surface area contributed by atoms with Crippen LogP contribution >= 0.6 is 12.4 Å². The van der Waals surface area contributed by atoms with Gasteiger partial charge in [-0.05, 0) is 24.7 Å². The minimum atomic E-state index is -0.436. The van der Waals surface area contributed by atoms with E-state index < -0.39 is 6.04 Å². The van der Waals surface area contributed by atoms with Crippen LogP contribution < -0.4 is 10.6 Å². The Bertz CT molecular complexity index is 714. The SMILES string of the molecule is CNC(=O)c1ccc(CN(C)C(=O)C(NC)c2cnn(C)c2)cc1.Cl. The largest absolute Gasteiger partial charge is 0.355 e. The lowest BCUT2D eigenvalue weighted by molar-refractivity contribution is -0.132. The summed E-state index contributed by atoms with van der Waals surface area (Å²) in [6, 6.07) is 6.78. The van der Waals surface area contributed by atoms with Gasteiger partial charge in [0, 0.05) is 45.0 Å². The zero-order valence-corrected chi connectivity index (χ0v) is 15.6. The van der Waals surface area contributed by atoms with Gasteiger partial charge in [0.15, 0.2) is 0 Å². The Labute approximate surface area is 153 Å². The second-order valence-electron chi connectivity index (χ2n) is 5.64. The van der Waals surface area contributed by atoms with E-state index in [1.165, 1.54) is 0 Å². The van der Waals surface area contributed by atoms with Gasteiger partial charge in [-0.15, -0.1) is 12.4 Å². The number of carbonyl (C=O) groups is 2. The topological polar surface area (TPSA) is 79.3 Å². The molecule has 1 aromatic carbocycles. The van der Waals surface area contributed by atoms with Gasteiger partial charge in [-0.25, -0.2) is 0 Å². The van der Waals surface area contributed by atoms with Crippen molar-refractivity contribution in [2.75, 3.05) is 21.1 Å². The zero-order valence-electron chi connectivity index (χ0n) is 14.8. The second kappa shape index (κ2) is 9.19. The maximum Gasteiger partial charge on any atom is 0.251 e. The van der Waals surface area contributed by atoms with E-state index in [0.717, 1.165) is 11.1 Å². The van der Waals surface area contributed by atoms with Crippen molar-refractivity contribution in [1.82, 2.24) is 25.3 Å². The van der Waals surface area contributed by atoms with Crippen LogP contribution in [0.25, 0.3) is 0 Å². The summed E-state index contributed by atoms with van der Waals surface area (Å²) in [4.78, 5) is 25.9. The van der Waals surface area contributed by atoms with Crippen molar-refractivity contribution in [2.24, 2.45) is 7.05 Å². The molecule has 25 heavy (non-hydrogen) atoms. The second-order valence-corrected chi connectivity index (χ2v) is 5.64. The average molecular weight is 366 g/mol. The van der Waals surface area contributed by atoms with Crippen LogP contribution in [0.1, 0.15) is 27.5 Å². The molecule has 2 rings (SSSR count). The van der Waals surface area contributed by atoms with E-state index >= 15 is 0 Å². The Kier molecular flexibility index (Phi) is 7.60. The van der Waals surface area contributed by atoms with E-state index in [1.54, 1.807) is 49.1 Å². The number of hydrogen-bond acceptors (Lipinski definition) is 4. The molecule has 2 amide bonds. The Hall–Kier alpha value is -2.38.